The summed E-state index contributed by atoms with van der Waals surface area (Å²) < 4.78 is 6.35. The van der Waals surface area contributed by atoms with Crippen LogP contribution in [0.5, 0.6) is 0 Å². The van der Waals surface area contributed by atoms with Crippen molar-refractivity contribution in [3.05, 3.63) is 50.7 Å². The summed E-state index contributed by atoms with van der Waals surface area (Å²) in [6.45, 7) is 4.88. The Morgan fingerprint density at radius 2 is 1.91 bits per heavy atom. The molecule has 4 N–H and O–H groups in total. The van der Waals surface area contributed by atoms with Crippen LogP contribution in [0.4, 0.5) is 17.2 Å². The van der Waals surface area contributed by atoms with Gasteiger partial charge in [0.2, 0.25) is 5.91 Å². The Bertz CT molecular complexity index is 1140. The minimum atomic E-state index is -0.788. The maximum atomic E-state index is 13.0. The number of H-pyrrole nitrogens is 1. The predicted octanol–water partition coefficient (Wildman–Crippen LogP) is 1.48. The number of hydrogen-bond donors (Lipinski definition) is 3. The first-order chi connectivity index (χ1) is 15.7. The fraction of sp³-hybridized carbons (Fsp3) is 0.409. The first-order valence-corrected chi connectivity index (χ1v) is 10.7. The van der Waals surface area contributed by atoms with E-state index in [1.54, 1.807) is 12.1 Å². The van der Waals surface area contributed by atoms with Gasteiger partial charge in [-0.3, -0.25) is 23.9 Å². The zero-order valence-electron chi connectivity index (χ0n) is 19.0. The van der Waals surface area contributed by atoms with Crippen molar-refractivity contribution in [3.63, 3.8) is 0 Å². The molecule has 1 heterocycles. The van der Waals surface area contributed by atoms with E-state index in [1.807, 2.05) is 13.8 Å². The molecule has 2 amide bonds. The number of nitrogens with one attached hydrogen (secondary N) is 2. The van der Waals surface area contributed by atoms with Crippen LogP contribution in [0.25, 0.3) is 0 Å². The first kappa shape index (κ1) is 25.4. The Labute approximate surface area is 190 Å². The highest BCUT2D eigenvalue weighted by Gasteiger charge is 2.25. The minimum absolute atomic E-state index is 0.121. The largest absolute Gasteiger partial charge is 0.452 e. The molecule has 11 nitrogen and oxygen atoms in total. The number of carbonyl (C=O) groups excluding carboxylic acids is 3. The van der Waals surface area contributed by atoms with Gasteiger partial charge >= 0.3 is 11.7 Å². The zero-order valence-corrected chi connectivity index (χ0v) is 19.0. The van der Waals surface area contributed by atoms with Gasteiger partial charge in [0.15, 0.2) is 12.3 Å². The van der Waals surface area contributed by atoms with E-state index in [2.05, 4.69) is 10.3 Å². The number of ether oxygens (including phenoxy) is 1. The highest BCUT2D eigenvalue weighted by Crippen LogP contribution is 2.18. The van der Waals surface area contributed by atoms with Crippen molar-refractivity contribution in [2.24, 2.45) is 0 Å². The minimum Gasteiger partial charge on any atom is -0.452 e. The quantitative estimate of drug-likeness (QED) is 0.454. The van der Waals surface area contributed by atoms with Crippen LogP contribution in [-0.2, 0) is 20.9 Å². The van der Waals surface area contributed by atoms with Crippen molar-refractivity contribution in [1.82, 2.24) is 9.55 Å². The van der Waals surface area contributed by atoms with E-state index < -0.39 is 29.7 Å². The third-order valence-corrected chi connectivity index (χ3v) is 4.71. The first-order valence-electron chi connectivity index (χ1n) is 10.7. The predicted molar refractivity (Wildman–Crippen MR) is 124 cm³/mol. The molecule has 0 atom stereocenters. The van der Waals surface area contributed by atoms with Crippen LogP contribution >= 0.6 is 0 Å². The van der Waals surface area contributed by atoms with Crippen LogP contribution in [-0.4, -0.2) is 40.5 Å². The average molecular weight is 460 g/mol. The Morgan fingerprint density at radius 3 is 2.55 bits per heavy atom. The number of unbranched alkanes of at least 4 members (excludes halogenated alkanes) is 1. The molecule has 0 saturated carbocycles. The molecule has 2 aromatic rings. The Morgan fingerprint density at radius 1 is 1.18 bits per heavy atom. The van der Waals surface area contributed by atoms with Gasteiger partial charge in [-0.2, -0.15) is 0 Å². The summed E-state index contributed by atoms with van der Waals surface area (Å²) in [5.41, 5.74) is 5.05. The smallest absolute Gasteiger partial charge is 0.338 e. The Balaban J connectivity index is 2.27. The van der Waals surface area contributed by atoms with Crippen LogP contribution in [0.1, 0.15) is 50.4 Å². The standard InChI is InChI=1S/C22H29N5O6/c1-4-6-11-26(18-19(23)27(10-5-2)22(32)25-20(18)30)17(29)13-33-21(31)15-8-7-9-16(12-15)24-14(3)28/h7-9,12H,4-6,10-11,13,23H2,1-3H3,(H,24,28)(H,25,30,32). The summed E-state index contributed by atoms with van der Waals surface area (Å²) in [6.07, 6.45) is 1.88. The Kier molecular flexibility index (Phi) is 8.96. The molecule has 178 valence electrons. The lowest BCUT2D eigenvalue weighted by Gasteiger charge is -2.24. The maximum Gasteiger partial charge on any atom is 0.338 e. The number of nitrogens with two attached hydrogens (primary N) is 1. The van der Waals surface area contributed by atoms with E-state index in [9.17, 15) is 24.0 Å². The van der Waals surface area contributed by atoms with Crippen LogP contribution in [0.15, 0.2) is 33.9 Å². The molecule has 11 heteroatoms. The lowest BCUT2D eigenvalue weighted by molar-refractivity contribution is -0.121. The van der Waals surface area contributed by atoms with Crippen molar-refractivity contribution in [2.75, 3.05) is 29.1 Å². The van der Waals surface area contributed by atoms with E-state index in [1.165, 1.54) is 23.6 Å². The number of anilines is 3. The number of benzene rings is 1. The number of amides is 2. The lowest BCUT2D eigenvalue weighted by Crippen LogP contribution is -2.43. The molecule has 0 aliphatic rings. The monoisotopic (exact) mass is 459 g/mol. The molecular formula is C22H29N5O6. The third kappa shape index (κ3) is 6.55. The van der Waals surface area contributed by atoms with Gasteiger partial charge in [-0.15, -0.1) is 0 Å². The summed E-state index contributed by atoms with van der Waals surface area (Å²) >= 11 is 0. The maximum absolute atomic E-state index is 13.0. The summed E-state index contributed by atoms with van der Waals surface area (Å²) in [5, 5.41) is 2.56. The molecular weight excluding hydrogens is 430 g/mol. The molecule has 0 aliphatic heterocycles. The second-order valence-electron chi connectivity index (χ2n) is 7.38. The molecule has 1 aromatic heterocycles. The molecule has 0 spiro atoms. The molecule has 1 aromatic carbocycles. The fourth-order valence-corrected chi connectivity index (χ4v) is 3.18. The van der Waals surface area contributed by atoms with Crippen molar-refractivity contribution < 1.29 is 19.1 Å². The number of esters is 1. The molecule has 2 rings (SSSR count). The van der Waals surface area contributed by atoms with Crippen molar-refractivity contribution in [2.45, 2.75) is 46.6 Å². The molecule has 0 bridgehead atoms. The normalized spacial score (nSPS) is 10.5. The number of hydrogen-bond acceptors (Lipinski definition) is 7. The van der Waals surface area contributed by atoms with Gasteiger partial charge in [0.25, 0.3) is 11.5 Å². The number of nitrogen functional groups attached to an aromatic ring is 1. The topological polar surface area (TPSA) is 157 Å². The SMILES string of the molecule is CCCCN(C(=O)COC(=O)c1cccc(NC(C)=O)c1)c1c(N)n(CCC)c(=O)[nH]c1=O. The zero-order chi connectivity index (χ0) is 24.5. The van der Waals surface area contributed by atoms with Crippen molar-refractivity contribution in [3.8, 4) is 0 Å². The third-order valence-electron chi connectivity index (χ3n) is 4.71. The van der Waals surface area contributed by atoms with E-state index in [4.69, 9.17) is 10.5 Å². The highest BCUT2D eigenvalue weighted by atomic mass is 16.5. The van der Waals surface area contributed by atoms with Crippen LogP contribution in [0.2, 0.25) is 0 Å². The van der Waals surface area contributed by atoms with Crippen molar-refractivity contribution in [1.29, 1.82) is 0 Å². The van der Waals surface area contributed by atoms with Gasteiger partial charge in [0, 0.05) is 25.7 Å². The van der Waals surface area contributed by atoms with Gasteiger partial charge in [0.05, 0.1) is 5.56 Å². The summed E-state index contributed by atoms with van der Waals surface area (Å²) in [7, 11) is 0. The summed E-state index contributed by atoms with van der Waals surface area (Å²) in [5.74, 6) is -1.85. The highest BCUT2D eigenvalue weighted by molar-refractivity contribution is 5.99. The Hall–Kier alpha value is -3.89. The van der Waals surface area contributed by atoms with E-state index in [0.717, 1.165) is 11.3 Å². The molecule has 0 unspecified atom stereocenters. The second kappa shape index (κ2) is 11.7. The number of aromatic amines is 1. The second-order valence-corrected chi connectivity index (χ2v) is 7.38. The van der Waals surface area contributed by atoms with E-state index in [0.29, 0.717) is 18.5 Å². The van der Waals surface area contributed by atoms with Crippen LogP contribution in [0, 0.1) is 0 Å². The molecule has 0 fully saturated rings. The van der Waals surface area contributed by atoms with Gasteiger partial charge in [-0.05, 0) is 31.0 Å². The molecule has 0 radical (unpaired) electrons. The van der Waals surface area contributed by atoms with E-state index >= 15 is 0 Å². The van der Waals surface area contributed by atoms with Crippen LogP contribution < -0.4 is 27.2 Å². The molecule has 33 heavy (non-hydrogen) atoms. The molecule has 0 aliphatic carbocycles. The lowest BCUT2D eigenvalue weighted by atomic mass is 10.2. The number of rotatable bonds is 10. The van der Waals surface area contributed by atoms with Crippen LogP contribution in [0.3, 0.4) is 0 Å². The number of carbonyl (C=O) groups is 3. The van der Waals surface area contributed by atoms with Gasteiger partial charge < -0.3 is 20.7 Å². The van der Waals surface area contributed by atoms with Crippen molar-refractivity contribution >= 4 is 35.0 Å². The average Bonchev–Trinajstić information content (AvgIpc) is 2.76. The van der Waals surface area contributed by atoms with E-state index in [-0.39, 0.29) is 36.1 Å². The fourth-order valence-electron chi connectivity index (χ4n) is 3.18. The van der Waals surface area contributed by atoms with Gasteiger partial charge in [-0.25, -0.2) is 9.59 Å². The van der Waals surface area contributed by atoms with Gasteiger partial charge in [-0.1, -0.05) is 26.3 Å². The summed E-state index contributed by atoms with van der Waals surface area (Å²) in [4.78, 5) is 64.6. The van der Waals surface area contributed by atoms with Gasteiger partial charge in [0.1, 0.15) is 5.82 Å². The molecule has 0 saturated heterocycles. The summed E-state index contributed by atoms with van der Waals surface area (Å²) in [6, 6.07) is 6.08. The number of aromatic nitrogens is 2. The number of nitrogens with zero attached hydrogens (tertiary/aromatic N) is 2.